The topological polar surface area (TPSA) is 66.7 Å². The zero-order valence-corrected chi connectivity index (χ0v) is 17.6. The molecule has 0 radical (unpaired) electrons. The van der Waals surface area contributed by atoms with Crippen LogP contribution < -0.4 is 15.4 Å². The molecule has 0 saturated heterocycles. The first-order valence-electron chi connectivity index (χ1n) is 10.8. The molecule has 2 aromatic carbocycles. The monoisotopic (exact) mass is 419 g/mol. The summed E-state index contributed by atoms with van der Waals surface area (Å²) in [6.45, 7) is 3.40. The number of amides is 2. The van der Waals surface area contributed by atoms with Gasteiger partial charge in [0.25, 0.3) is 0 Å². The van der Waals surface area contributed by atoms with Crippen LogP contribution in [-0.2, 0) is 19.4 Å². The lowest BCUT2D eigenvalue weighted by atomic mass is 10.0. The molecule has 0 unspecified atom stereocenters. The standard InChI is InChI=1S/C25H29N3O3/c29-25(27-22-17-21-9-4-5-11-24(21)31-19-22)26-13-15-28(18-23-10-6-16-30-23)14-12-20-7-2-1-3-8-20/h1-11,16,22H,12-15,17-19H2,(H2,26,27,29)/t22-/m1/s1. The number of rotatable bonds is 9. The Morgan fingerprint density at radius 2 is 1.84 bits per heavy atom. The number of benzene rings is 2. The average molecular weight is 420 g/mol. The second-order valence-electron chi connectivity index (χ2n) is 7.81. The summed E-state index contributed by atoms with van der Waals surface area (Å²) in [5, 5.41) is 6.01. The molecule has 1 aliphatic rings. The van der Waals surface area contributed by atoms with E-state index in [0.29, 0.717) is 13.2 Å². The number of hydrogen-bond donors (Lipinski definition) is 2. The number of nitrogens with zero attached hydrogens (tertiary/aromatic N) is 1. The molecule has 2 amide bonds. The molecule has 0 aliphatic carbocycles. The number of carbonyl (C=O) groups is 1. The lowest BCUT2D eigenvalue weighted by Crippen LogP contribution is -2.48. The van der Waals surface area contributed by atoms with Gasteiger partial charge < -0.3 is 19.8 Å². The van der Waals surface area contributed by atoms with E-state index in [9.17, 15) is 4.79 Å². The van der Waals surface area contributed by atoms with Gasteiger partial charge >= 0.3 is 6.03 Å². The van der Waals surface area contributed by atoms with Gasteiger partial charge in [-0.3, -0.25) is 4.90 Å². The van der Waals surface area contributed by atoms with Gasteiger partial charge in [-0.1, -0.05) is 48.5 Å². The lowest BCUT2D eigenvalue weighted by Gasteiger charge is -2.26. The van der Waals surface area contributed by atoms with Crippen LogP contribution in [0.1, 0.15) is 16.9 Å². The smallest absolute Gasteiger partial charge is 0.315 e. The van der Waals surface area contributed by atoms with E-state index in [1.807, 2.05) is 42.5 Å². The summed E-state index contributed by atoms with van der Waals surface area (Å²) in [6, 6.07) is 22.1. The molecule has 3 aromatic rings. The fourth-order valence-electron chi connectivity index (χ4n) is 3.81. The van der Waals surface area contributed by atoms with E-state index in [1.165, 1.54) is 5.56 Å². The van der Waals surface area contributed by atoms with E-state index in [0.717, 1.165) is 49.5 Å². The van der Waals surface area contributed by atoms with Crippen LogP contribution in [0.15, 0.2) is 77.4 Å². The van der Waals surface area contributed by atoms with Gasteiger partial charge in [0, 0.05) is 19.6 Å². The molecule has 0 fully saturated rings. The third kappa shape index (κ3) is 6.36. The van der Waals surface area contributed by atoms with Crippen LogP contribution in [-0.4, -0.2) is 43.2 Å². The summed E-state index contributed by atoms with van der Waals surface area (Å²) in [7, 11) is 0. The summed E-state index contributed by atoms with van der Waals surface area (Å²) in [5.41, 5.74) is 2.43. The lowest BCUT2D eigenvalue weighted by molar-refractivity contribution is 0.210. The minimum absolute atomic E-state index is 0.0211. The maximum absolute atomic E-state index is 12.4. The van der Waals surface area contributed by atoms with Crippen molar-refractivity contribution >= 4 is 6.03 Å². The van der Waals surface area contributed by atoms with Crippen LogP contribution in [0.25, 0.3) is 0 Å². The molecular formula is C25H29N3O3. The fourth-order valence-corrected chi connectivity index (χ4v) is 3.81. The minimum atomic E-state index is -0.158. The molecule has 1 aliphatic heterocycles. The minimum Gasteiger partial charge on any atom is -0.491 e. The Balaban J connectivity index is 1.23. The van der Waals surface area contributed by atoms with Gasteiger partial charge in [-0.05, 0) is 42.2 Å². The van der Waals surface area contributed by atoms with Gasteiger partial charge in [-0.25, -0.2) is 4.79 Å². The molecular weight excluding hydrogens is 390 g/mol. The van der Waals surface area contributed by atoms with Crippen LogP contribution in [0.4, 0.5) is 4.79 Å². The second-order valence-corrected chi connectivity index (χ2v) is 7.81. The maximum atomic E-state index is 12.4. The average Bonchev–Trinajstić information content (AvgIpc) is 3.31. The van der Waals surface area contributed by atoms with Crippen LogP contribution >= 0.6 is 0 Å². The van der Waals surface area contributed by atoms with Crippen LogP contribution in [0.2, 0.25) is 0 Å². The summed E-state index contributed by atoms with van der Waals surface area (Å²) in [4.78, 5) is 14.7. The molecule has 1 aromatic heterocycles. The van der Waals surface area contributed by atoms with Crippen LogP contribution in [0.3, 0.4) is 0 Å². The van der Waals surface area contributed by atoms with Crippen molar-refractivity contribution in [2.24, 2.45) is 0 Å². The largest absolute Gasteiger partial charge is 0.491 e. The summed E-state index contributed by atoms with van der Waals surface area (Å²) in [5.74, 6) is 1.84. The van der Waals surface area contributed by atoms with Crippen molar-refractivity contribution in [1.82, 2.24) is 15.5 Å². The van der Waals surface area contributed by atoms with E-state index < -0.39 is 0 Å². The Bertz CT molecular complexity index is 944. The number of urea groups is 1. The predicted octanol–water partition coefficient (Wildman–Crippen LogP) is 3.63. The molecule has 31 heavy (non-hydrogen) atoms. The SMILES string of the molecule is O=C(NCCN(CCc1ccccc1)Cc1ccco1)N[C@H]1COc2ccccc2C1. The Morgan fingerprint density at radius 1 is 1.00 bits per heavy atom. The summed E-state index contributed by atoms with van der Waals surface area (Å²) < 4.78 is 11.3. The molecule has 2 heterocycles. The number of nitrogens with one attached hydrogen (secondary N) is 2. The van der Waals surface area contributed by atoms with Crippen molar-refractivity contribution in [3.05, 3.63) is 89.9 Å². The van der Waals surface area contributed by atoms with Crippen molar-refractivity contribution < 1.29 is 13.9 Å². The zero-order chi connectivity index (χ0) is 21.3. The third-order valence-electron chi connectivity index (χ3n) is 5.45. The molecule has 1 atom stereocenters. The van der Waals surface area contributed by atoms with Gasteiger partial charge in [0.2, 0.25) is 0 Å². The van der Waals surface area contributed by atoms with Gasteiger partial charge in [-0.15, -0.1) is 0 Å². The third-order valence-corrected chi connectivity index (χ3v) is 5.45. The van der Waals surface area contributed by atoms with E-state index in [1.54, 1.807) is 6.26 Å². The van der Waals surface area contributed by atoms with Gasteiger partial charge in [-0.2, -0.15) is 0 Å². The van der Waals surface area contributed by atoms with Crippen LogP contribution in [0.5, 0.6) is 5.75 Å². The molecule has 4 rings (SSSR count). The fraction of sp³-hybridized carbons (Fsp3) is 0.320. The van der Waals surface area contributed by atoms with Crippen molar-refractivity contribution in [3.63, 3.8) is 0 Å². The van der Waals surface area contributed by atoms with E-state index in [4.69, 9.17) is 9.15 Å². The predicted molar refractivity (Wildman–Crippen MR) is 120 cm³/mol. The highest BCUT2D eigenvalue weighted by atomic mass is 16.5. The van der Waals surface area contributed by atoms with E-state index in [2.05, 4.69) is 39.8 Å². The summed E-state index contributed by atoms with van der Waals surface area (Å²) >= 11 is 0. The highest BCUT2D eigenvalue weighted by Gasteiger charge is 2.21. The number of hydrogen-bond acceptors (Lipinski definition) is 4. The van der Waals surface area contributed by atoms with Gasteiger partial charge in [0.05, 0.1) is 18.8 Å². The maximum Gasteiger partial charge on any atom is 0.315 e. The molecule has 162 valence electrons. The Labute approximate surface area is 183 Å². The molecule has 0 saturated carbocycles. The quantitative estimate of drug-likeness (QED) is 0.556. The van der Waals surface area contributed by atoms with Crippen molar-refractivity contribution in [3.8, 4) is 5.75 Å². The van der Waals surface area contributed by atoms with E-state index in [-0.39, 0.29) is 12.1 Å². The first-order chi connectivity index (χ1) is 15.3. The number of furan rings is 1. The molecule has 2 N–H and O–H groups in total. The van der Waals surface area contributed by atoms with Gasteiger partial charge in [0.1, 0.15) is 18.1 Å². The summed E-state index contributed by atoms with van der Waals surface area (Å²) in [6.07, 6.45) is 3.43. The van der Waals surface area contributed by atoms with Crippen LogP contribution in [0, 0.1) is 0 Å². The first-order valence-corrected chi connectivity index (χ1v) is 10.8. The highest BCUT2D eigenvalue weighted by Crippen LogP contribution is 2.23. The highest BCUT2D eigenvalue weighted by molar-refractivity contribution is 5.74. The van der Waals surface area contributed by atoms with Crippen molar-refractivity contribution in [2.75, 3.05) is 26.2 Å². The first kappa shape index (κ1) is 21.0. The van der Waals surface area contributed by atoms with Gasteiger partial charge in [0.15, 0.2) is 0 Å². The second kappa shape index (κ2) is 10.7. The number of ether oxygens (including phenoxy) is 1. The number of para-hydroxylation sites is 1. The van der Waals surface area contributed by atoms with Crippen molar-refractivity contribution in [2.45, 2.75) is 25.4 Å². The number of fused-ring (bicyclic) bond motifs is 1. The molecule has 0 bridgehead atoms. The van der Waals surface area contributed by atoms with E-state index >= 15 is 0 Å². The Morgan fingerprint density at radius 3 is 2.68 bits per heavy atom. The van der Waals surface area contributed by atoms with Crippen molar-refractivity contribution in [1.29, 1.82) is 0 Å². The molecule has 6 nitrogen and oxygen atoms in total. The molecule has 6 heteroatoms. The number of carbonyl (C=O) groups excluding carboxylic acids is 1. The Hall–Kier alpha value is -3.25. The Kier molecular flexibility index (Phi) is 7.24. The zero-order valence-electron chi connectivity index (χ0n) is 17.6. The normalized spacial score (nSPS) is 15.2. The molecule has 0 spiro atoms.